The van der Waals surface area contributed by atoms with Crippen LogP contribution < -0.4 is 16.0 Å². The summed E-state index contributed by atoms with van der Waals surface area (Å²) in [6.07, 6.45) is 6.90. The van der Waals surface area contributed by atoms with Crippen LogP contribution >= 0.6 is 11.6 Å². The van der Waals surface area contributed by atoms with Crippen LogP contribution in [0.15, 0.2) is 60.8 Å². The zero-order valence-corrected chi connectivity index (χ0v) is 19.3. The van der Waals surface area contributed by atoms with Gasteiger partial charge in [-0.1, -0.05) is 29.8 Å². The summed E-state index contributed by atoms with van der Waals surface area (Å²) in [5.74, 6) is -0.0394. The summed E-state index contributed by atoms with van der Waals surface area (Å²) >= 11 is 6.09. The van der Waals surface area contributed by atoms with Crippen molar-refractivity contribution in [1.82, 2.24) is 10.3 Å². The largest absolute Gasteiger partial charge is 0.382 e. The molecule has 2 aromatic carbocycles. The number of aromatic nitrogens is 1. The van der Waals surface area contributed by atoms with Gasteiger partial charge in [-0.3, -0.25) is 14.6 Å². The number of nitrogens with one attached hydrogen (secondary N) is 3. The molecule has 7 heteroatoms. The lowest BCUT2D eigenvalue weighted by atomic mass is 9.90. The first-order valence-corrected chi connectivity index (χ1v) is 11.9. The minimum Gasteiger partial charge on any atom is -0.382 e. The van der Waals surface area contributed by atoms with E-state index in [0.29, 0.717) is 30.3 Å². The fourth-order valence-electron chi connectivity index (χ4n) is 4.30. The average molecular weight is 465 g/mol. The molecule has 0 spiro atoms. The van der Waals surface area contributed by atoms with Gasteiger partial charge in [-0.2, -0.15) is 0 Å². The maximum atomic E-state index is 12.3. The number of pyridine rings is 1. The standard InChI is InChI=1S/C26H29ClN4O2/c27-18-9-14-22-23(15-16-28-24(22)17-18)29-20-10-12-21(13-11-20)31-26(33)8-4-7-25(32)30-19-5-2-1-3-6-19/h1-3,5-6,9,14-17,20-21H,4,7-8,10-13H2,(H,28,29)(H,30,32)(H,31,33). The molecule has 1 aliphatic rings. The highest BCUT2D eigenvalue weighted by Crippen LogP contribution is 2.28. The predicted molar refractivity (Wildman–Crippen MR) is 133 cm³/mol. The molecule has 1 saturated carbocycles. The third kappa shape index (κ3) is 6.68. The number of fused-ring (bicyclic) bond motifs is 1. The highest BCUT2D eigenvalue weighted by Gasteiger charge is 2.22. The summed E-state index contributed by atoms with van der Waals surface area (Å²) in [7, 11) is 0. The predicted octanol–water partition coefficient (Wildman–Crippen LogP) is 5.54. The van der Waals surface area contributed by atoms with Crippen LogP contribution in [0.2, 0.25) is 5.02 Å². The van der Waals surface area contributed by atoms with Crippen molar-refractivity contribution in [1.29, 1.82) is 0 Å². The van der Waals surface area contributed by atoms with Crippen LogP contribution in [0.5, 0.6) is 0 Å². The van der Waals surface area contributed by atoms with E-state index in [2.05, 4.69) is 20.9 Å². The monoisotopic (exact) mass is 464 g/mol. The number of carbonyl (C=O) groups excluding carboxylic acids is 2. The maximum Gasteiger partial charge on any atom is 0.224 e. The Morgan fingerprint density at radius 3 is 2.42 bits per heavy atom. The Balaban J connectivity index is 1.17. The number of hydrogen-bond donors (Lipinski definition) is 3. The molecule has 33 heavy (non-hydrogen) atoms. The zero-order valence-electron chi connectivity index (χ0n) is 18.5. The molecule has 0 aliphatic heterocycles. The van der Waals surface area contributed by atoms with Crippen molar-refractivity contribution < 1.29 is 9.59 Å². The maximum absolute atomic E-state index is 12.3. The number of carbonyl (C=O) groups is 2. The normalized spacial score (nSPS) is 18.0. The third-order valence-corrected chi connectivity index (χ3v) is 6.26. The quantitative estimate of drug-likeness (QED) is 0.409. The van der Waals surface area contributed by atoms with Gasteiger partial charge in [0.25, 0.3) is 0 Å². The lowest BCUT2D eigenvalue weighted by molar-refractivity contribution is -0.122. The highest BCUT2D eigenvalue weighted by molar-refractivity contribution is 6.31. The molecule has 1 aromatic heterocycles. The van der Waals surface area contributed by atoms with Crippen molar-refractivity contribution in [3.63, 3.8) is 0 Å². The molecular weight excluding hydrogens is 436 g/mol. The first kappa shape index (κ1) is 23.1. The summed E-state index contributed by atoms with van der Waals surface area (Å²) in [4.78, 5) is 28.7. The Kier molecular flexibility index (Phi) is 7.79. The van der Waals surface area contributed by atoms with Gasteiger partial charge >= 0.3 is 0 Å². The number of hydrogen-bond acceptors (Lipinski definition) is 4. The fourth-order valence-corrected chi connectivity index (χ4v) is 4.47. The molecule has 0 bridgehead atoms. The van der Waals surface area contributed by atoms with Crippen molar-refractivity contribution in [2.24, 2.45) is 0 Å². The topological polar surface area (TPSA) is 83.1 Å². The van der Waals surface area contributed by atoms with Gasteiger partial charge in [-0.15, -0.1) is 0 Å². The van der Waals surface area contributed by atoms with E-state index in [1.807, 2.05) is 54.6 Å². The fraction of sp³-hybridized carbons (Fsp3) is 0.346. The second kappa shape index (κ2) is 11.1. The first-order chi connectivity index (χ1) is 16.1. The Hall–Kier alpha value is -3.12. The number of anilines is 2. The van der Waals surface area contributed by atoms with Crippen LogP contribution in [0.3, 0.4) is 0 Å². The van der Waals surface area contributed by atoms with Gasteiger partial charge < -0.3 is 16.0 Å². The molecule has 3 aromatic rings. The van der Waals surface area contributed by atoms with Crippen molar-refractivity contribution in [3.05, 3.63) is 65.8 Å². The molecule has 4 rings (SSSR count). The van der Waals surface area contributed by atoms with Gasteiger partial charge in [-0.05, 0) is 68.5 Å². The number of rotatable bonds is 8. The molecular formula is C26H29ClN4O2. The molecule has 0 unspecified atom stereocenters. The zero-order chi connectivity index (χ0) is 23.0. The van der Waals surface area contributed by atoms with Crippen LogP contribution in [0.4, 0.5) is 11.4 Å². The van der Waals surface area contributed by atoms with Crippen molar-refractivity contribution in [2.75, 3.05) is 10.6 Å². The van der Waals surface area contributed by atoms with Gasteiger partial charge in [0, 0.05) is 52.9 Å². The van der Waals surface area contributed by atoms with E-state index in [1.165, 1.54) is 0 Å². The molecule has 0 saturated heterocycles. The smallest absolute Gasteiger partial charge is 0.224 e. The van der Waals surface area contributed by atoms with Gasteiger partial charge in [-0.25, -0.2) is 0 Å². The first-order valence-electron chi connectivity index (χ1n) is 11.5. The minimum atomic E-state index is -0.0634. The second-order valence-corrected chi connectivity index (χ2v) is 8.98. The Morgan fingerprint density at radius 1 is 0.909 bits per heavy atom. The molecule has 6 nitrogen and oxygen atoms in total. The number of benzene rings is 2. The second-order valence-electron chi connectivity index (χ2n) is 8.55. The van der Waals surface area contributed by atoms with Crippen molar-refractivity contribution in [3.8, 4) is 0 Å². The lowest BCUT2D eigenvalue weighted by Gasteiger charge is -2.30. The molecule has 1 fully saturated rings. The Labute approximate surface area is 199 Å². The number of nitrogens with zero attached hydrogens (tertiary/aromatic N) is 1. The van der Waals surface area contributed by atoms with E-state index in [1.54, 1.807) is 6.20 Å². The number of para-hydroxylation sites is 1. The van der Waals surface area contributed by atoms with Crippen LogP contribution in [0, 0.1) is 0 Å². The van der Waals surface area contributed by atoms with Crippen molar-refractivity contribution in [2.45, 2.75) is 57.0 Å². The van der Waals surface area contributed by atoms with E-state index in [-0.39, 0.29) is 17.9 Å². The molecule has 0 atom stereocenters. The Bertz CT molecular complexity index is 1100. The minimum absolute atomic E-state index is 0.0240. The molecule has 1 heterocycles. The molecule has 1 aliphatic carbocycles. The van der Waals surface area contributed by atoms with E-state index >= 15 is 0 Å². The summed E-state index contributed by atoms with van der Waals surface area (Å²) in [5.41, 5.74) is 2.73. The molecule has 2 amide bonds. The van der Waals surface area contributed by atoms with Gasteiger partial charge in [0.05, 0.1) is 5.52 Å². The summed E-state index contributed by atoms with van der Waals surface area (Å²) in [6, 6.07) is 17.7. The third-order valence-electron chi connectivity index (χ3n) is 6.02. The molecule has 0 radical (unpaired) electrons. The summed E-state index contributed by atoms with van der Waals surface area (Å²) < 4.78 is 0. The van der Waals surface area contributed by atoms with Gasteiger partial charge in [0.2, 0.25) is 11.8 Å². The van der Waals surface area contributed by atoms with Crippen LogP contribution in [0.25, 0.3) is 10.9 Å². The van der Waals surface area contributed by atoms with E-state index in [0.717, 1.165) is 48.0 Å². The number of halogens is 1. The van der Waals surface area contributed by atoms with E-state index < -0.39 is 0 Å². The van der Waals surface area contributed by atoms with E-state index in [4.69, 9.17) is 11.6 Å². The number of amides is 2. The van der Waals surface area contributed by atoms with Gasteiger partial charge in [0.15, 0.2) is 0 Å². The van der Waals surface area contributed by atoms with Crippen LogP contribution in [-0.4, -0.2) is 28.9 Å². The molecule has 172 valence electrons. The summed E-state index contributed by atoms with van der Waals surface area (Å²) in [5, 5.41) is 11.4. The Morgan fingerprint density at radius 2 is 1.64 bits per heavy atom. The van der Waals surface area contributed by atoms with E-state index in [9.17, 15) is 9.59 Å². The SMILES string of the molecule is O=C(CCCC(=O)NC1CCC(Nc2ccnc3cc(Cl)ccc23)CC1)Nc1ccccc1. The lowest BCUT2D eigenvalue weighted by Crippen LogP contribution is -2.40. The van der Waals surface area contributed by atoms with Crippen LogP contribution in [0.1, 0.15) is 44.9 Å². The van der Waals surface area contributed by atoms with Gasteiger partial charge in [0.1, 0.15) is 0 Å². The van der Waals surface area contributed by atoms with Crippen molar-refractivity contribution >= 4 is 45.7 Å². The highest BCUT2D eigenvalue weighted by atomic mass is 35.5. The average Bonchev–Trinajstić information content (AvgIpc) is 2.81. The summed E-state index contributed by atoms with van der Waals surface area (Å²) in [6.45, 7) is 0. The van der Waals surface area contributed by atoms with Crippen LogP contribution in [-0.2, 0) is 9.59 Å². The molecule has 3 N–H and O–H groups in total.